The zero-order valence-corrected chi connectivity index (χ0v) is 9.52. The molecule has 0 saturated carbocycles. The van der Waals surface area contributed by atoms with Gasteiger partial charge in [-0.15, -0.1) is 0 Å². The van der Waals surface area contributed by atoms with Gasteiger partial charge in [0.05, 0.1) is 26.2 Å². The van der Waals surface area contributed by atoms with Crippen molar-refractivity contribution in [3.63, 3.8) is 0 Å². The number of likely N-dealkylation sites (N-methyl/N-ethyl adjacent to an activating group) is 1. The van der Waals surface area contributed by atoms with Crippen LogP contribution in [0.25, 0.3) is 0 Å². The highest BCUT2D eigenvalue weighted by Gasteiger charge is 2.17. The summed E-state index contributed by atoms with van der Waals surface area (Å²) in [5.74, 6) is -0.922. The van der Waals surface area contributed by atoms with Crippen molar-refractivity contribution in [2.24, 2.45) is 0 Å². The zero-order chi connectivity index (χ0) is 12.0. The van der Waals surface area contributed by atoms with Crippen LogP contribution in [0.4, 0.5) is 0 Å². The van der Waals surface area contributed by atoms with E-state index in [2.05, 4.69) is 0 Å². The SMILES string of the molecule is CN(CCC(=O)O)C(=O)CN1CCOCC1. The van der Waals surface area contributed by atoms with Gasteiger partial charge in [-0.05, 0) is 0 Å². The highest BCUT2D eigenvalue weighted by molar-refractivity contribution is 5.78. The lowest BCUT2D eigenvalue weighted by Gasteiger charge is -2.27. The van der Waals surface area contributed by atoms with Crippen LogP contribution in [0.2, 0.25) is 0 Å². The summed E-state index contributed by atoms with van der Waals surface area (Å²) in [5.41, 5.74) is 0. The van der Waals surface area contributed by atoms with E-state index in [-0.39, 0.29) is 18.9 Å². The second-order valence-corrected chi connectivity index (χ2v) is 3.85. The van der Waals surface area contributed by atoms with Gasteiger partial charge in [0.25, 0.3) is 0 Å². The first-order valence-corrected chi connectivity index (χ1v) is 5.35. The number of hydrogen-bond acceptors (Lipinski definition) is 4. The molecule has 0 aromatic carbocycles. The molecule has 1 aliphatic heterocycles. The number of hydrogen-bond donors (Lipinski definition) is 1. The maximum Gasteiger partial charge on any atom is 0.305 e. The van der Waals surface area contributed by atoms with Crippen LogP contribution >= 0.6 is 0 Å². The van der Waals surface area contributed by atoms with E-state index in [4.69, 9.17) is 9.84 Å². The molecular weight excluding hydrogens is 212 g/mol. The summed E-state index contributed by atoms with van der Waals surface area (Å²) >= 11 is 0. The number of carbonyl (C=O) groups excluding carboxylic acids is 1. The number of carboxylic acids is 1. The molecule has 0 aliphatic carbocycles. The number of aliphatic carboxylic acids is 1. The molecule has 1 amide bonds. The minimum Gasteiger partial charge on any atom is -0.481 e. The summed E-state index contributed by atoms with van der Waals surface area (Å²) in [6.45, 7) is 3.45. The molecule has 0 aromatic rings. The van der Waals surface area contributed by atoms with Gasteiger partial charge in [0.15, 0.2) is 0 Å². The molecular formula is C10H18N2O4. The van der Waals surface area contributed by atoms with E-state index < -0.39 is 5.97 Å². The van der Waals surface area contributed by atoms with E-state index in [9.17, 15) is 9.59 Å². The van der Waals surface area contributed by atoms with Crippen molar-refractivity contribution >= 4 is 11.9 Å². The molecule has 0 spiro atoms. The molecule has 1 fully saturated rings. The normalized spacial score (nSPS) is 17.1. The molecule has 6 nitrogen and oxygen atoms in total. The summed E-state index contributed by atoms with van der Waals surface area (Å²) in [5, 5.41) is 8.50. The van der Waals surface area contributed by atoms with Crippen LogP contribution in [0.3, 0.4) is 0 Å². The molecule has 1 heterocycles. The van der Waals surface area contributed by atoms with Gasteiger partial charge in [-0.3, -0.25) is 14.5 Å². The maximum absolute atomic E-state index is 11.7. The summed E-state index contributed by atoms with van der Waals surface area (Å²) in [4.78, 5) is 25.5. The van der Waals surface area contributed by atoms with Gasteiger partial charge in [0, 0.05) is 26.7 Å². The molecule has 6 heteroatoms. The molecule has 1 rings (SSSR count). The highest BCUT2D eigenvalue weighted by atomic mass is 16.5. The lowest BCUT2D eigenvalue weighted by atomic mass is 10.3. The number of morpholine rings is 1. The van der Waals surface area contributed by atoms with Crippen LogP contribution in [0.5, 0.6) is 0 Å². The Labute approximate surface area is 94.8 Å². The fourth-order valence-corrected chi connectivity index (χ4v) is 1.46. The van der Waals surface area contributed by atoms with Crippen molar-refractivity contribution in [3.8, 4) is 0 Å². The van der Waals surface area contributed by atoms with E-state index >= 15 is 0 Å². The molecule has 16 heavy (non-hydrogen) atoms. The van der Waals surface area contributed by atoms with E-state index in [1.807, 2.05) is 4.90 Å². The zero-order valence-electron chi connectivity index (χ0n) is 9.52. The van der Waals surface area contributed by atoms with Crippen LogP contribution in [0, 0.1) is 0 Å². The smallest absolute Gasteiger partial charge is 0.305 e. The van der Waals surface area contributed by atoms with Crippen LogP contribution in [-0.4, -0.2) is 73.2 Å². The third kappa shape index (κ3) is 4.59. The minimum atomic E-state index is -0.883. The van der Waals surface area contributed by atoms with E-state index in [1.165, 1.54) is 4.90 Å². The van der Waals surface area contributed by atoms with Crippen LogP contribution in [-0.2, 0) is 14.3 Å². The fourth-order valence-electron chi connectivity index (χ4n) is 1.46. The van der Waals surface area contributed by atoms with Crippen molar-refractivity contribution in [1.29, 1.82) is 0 Å². The van der Waals surface area contributed by atoms with Crippen molar-refractivity contribution < 1.29 is 19.4 Å². The van der Waals surface area contributed by atoms with Crippen LogP contribution in [0.15, 0.2) is 0 Å². The van der Waals surface area contributed by atoms with E-state index in [0.717, 1.165) is 13.1 Å². The van der Waals surface area contributed by atoms with E-state index in [0.29, 0.717) is 19.8 Å². The van der Waals surface area contributed by atoms with Gasteiger partial charge in [0.1, 0.15) is 0 Å². The third-order valence-electron chi connectivity index (χ3n) is 2.55. The number of ether oxygens (including phenoxy) is 1. The lowest BCUT2D eigenvalue weighted by Crippen LogP contribution is -2.44. The van der Waals surface area contributed by atoms with Crippen molar-refractivity contribution in [1.82, 2.24) is 9.80 Å². The van der Waals surface area contributed by atoms with Gasteiger partial charge in [-0.1, -0.05) is 0 Å². The predicted molar refractivity (Wildman–Crippen MR) is 57.1 cm³/mol. The Morgan fingerprint density at radius 2 is 2.00 bits per heavy atom. The standard InChI is InChI=1S/C10H18N2O4/c1-11(3-2-10(14)15)9(13)8-12-4-6-16-7-5-12/h2-8H2,1H3,(H,14,15). The number of amides is 1. The van der Waals surface area contributed by atoms with Crippen LogP contribution in [0.1, 0.15) is 6.42 Å². The summed E-state index contributed by atoms with van der Waals surface area (Å²) < 4.78 is 5.18. The number of carboxylic acid groups (broad SMARTS) is 1. The monoisotopic (exact) mass is 230 g/mol. The first-order chi connectivity index (χ1) is 7.59. The Hall–Kier alpha value is -1.14. The van der Waals surface area contributed by atoms with Crippen molar-refractivity contribution in [2.45, 2.75) is 6.42 Å². The third-order valence-corrected chi connectivity index (χ3v) is 2.55. The highest BCUT2D eigenvalue weighted by Crippen LogP contribution is 1.98. The van der Waals surface area contributed by atoms with E-state index in [1.54, 1.807) is 7.05 Å². The Kier molecular flexibility index (Phi) is 5.21. The molecule has 0 radical (unpaired) electrons. The largest absolute Gasteiger partial charge is 0.481 e. The Morgan fingerprint density at radius 1 is 1.38 bits per heavy atom. The Balaban J connectivity index is 2.24. The molecule has 1 aliphatic rings. The molecule has 0 unspecified atom stereocenters. The lowest BCUT2D eigenvalue weighted by molar-refractivity contribution is -0.138. The first-order valence-electron chi connectivity index (χ1n) is 5.35. The van der Waals surface area contributed by atoms with Crippen molar-refractivity contribution in [2.75, 3.05) is 46.4 Å². The average molecular weight is 230 g/mol. The number of carbonyl (C=O) groups is 2. The summed E-state index contributed by atoms with van der Waals surface area (Å²) in [6, 6.07) is 0. The second kappa shape index (κ2) is 6.44. The van der Waals surface area contributed by atoms with Gasteiger partial charge in [-0.25, -0.2) is 0 Å². The first kappa shape index (κ1) is 12.9. The number of nitrogens with zero attached hydrogens (tertiary/aromatic N) is 2. The molecule has 1 N–H and O–H groups in total. The molecule has 92 valence electrons. The average Bonchev–Trinajstić information content (AvgIpc) is 2.27. The molecule has 1 saturated heterocycles. The topological polar surface area (TPSA) is 70.1 Å². The number of rotatable bonds is 5. The summed E-state index contributed by atoms with van der Waals surface area (Å²) in [6.07, 6.45) is -0.00858. The van der Waals surface area contributed by atoms with Gasteiger partial charge >= 0.3 is 5.97 Å². The van der Waals surface area contributed by atoms with Crippen LogP contribution < -0.4 is 0 Å². The Morgan fingerprint density at radius 3 is 2.56 bits per heavy atom. The van der Waals surface area contributed by atoms with Gasteiger partial charge in [-0.2, -0.15) is 0 Å². The second-order valence-electron chi connectivity index (χ2n) is 3.85. The molecule has 0 bridgehead atoms. The van der Waals surface area contributed by atoms with Gasteiger partial charge < -0.3 is 14.7 Å². The summed E-state index contributed by atoms with van der Waals surface area (Å²) in [7, 11) is 1.63. The fraction of sp³-hybridized carbons (Fsp3) is 0.800. The minimum absolute atomic E-state index is 0.00858. The predicted octanol–water partition coefficient (Wildman–Crippen LogP) is -0.748. The van der Waals surface area contributed by atoms with Gasteiger partial charge in [0.2, 0.25) is 5.91 Å². The quantitative estimate of drug-likeness (QED) is 0.673. The maximum atomic E-state index is 11.7. The molecule has 0 aromatic heterocycles. The molecule has 0 atom stereocenters. The van der Waals surface area contributed by atoms with Crippen molar-refractivity contribution in [3.05, 3.63) is 0 Å². The Bertz CT molecular complexity index is 251.